The van der Waals surface area contributed by atoms with Crippen LogP contribution in [0.1, 0.15) is 38.1 Å². The van der Waals surface area contributed by atoms with Crippen molar-refractivity contribution in [3.05, 3.63) is 33.8 Å². The molecule has 0 aliphatic carbocycles. The fourth-order valence-corrected chi connectivity index (χ4v) is 3.72. The number of halogens is 2. The second-order valence-corrected chi connectivity index (χ2v) is 8.07. The molecule has 1 aromatic carbocycles. The van der Waals surface area contributed by atoms with Crippen LogP contribution in [0.3, 0.4) is 0 Å². The summed E-state index contributed by atoms with van der Waals surface area (Å²) in [5.74, 6) is -3.75. The van der Waals surface area contributed by atoms with Crippen molar-refractivity contribution >= 4 is 53.0 Å². The summed E-state index contributed by atoms with van der Waals surface area (Å²) < 4.78 is 26.5. The van der Waals surface area contributed by atoms with Crippen LogP contribution in [0.25, 0.3) is 0 Å². The molecule has 5 unspecified atom stereocenters. The fourth-order valence-electron chi connectivity index (χ4n) is 3.22. The Morgan fingerprint density at radius 1 is 0.882 bits per heavy atom. The molecule has 1 aliphatic heterocycles. The maximum absolute atomic E-state index is 13.0. The number of ether oxygens (including phenoxy) is 5. The van der Waals surface area contributed by atoms with Gasteiger partial charge in [-0.1, -0.05) is 23.2 Å². The van der Waals surface area contributed by atoms with Crippen LogP contribution in [-0.4, -0.2) is 67.0 Å². The van der Waals surface area contributed by atoms with E-state index in [-0.39, 0.29) is 10.6 Å². The zero-order chi connectivity index (χ0) is 25.6. The number of carbonyl (C=O) groups is 5. The first-order valence-electron chi connectivity index (χ1n) is 9.95. The summed E-state index contributed by atoms with van der Waals surface area (Å²) in [5.41, 5.74) is 0.0142. The Balaban J connectivity index is 2.48. The van der Waals surface area contributed by atoms with Gasteiger partial charge in [0.2, 0.25) is 6.29 Å². The number of hydrogen-bond donors (Lipinski definition) is 1. The number of benzene rings is 1. The molecule has 0 bridgehead atoms. The Kier molecular flexibility index (Phi) is 9.66. The van der Waals surface area contributed by atoms with Gasteiger partial charge in [0.15, 0.2) is 12.2 Å². The lowest BCUT2D eigenvalue weighted by atomic mass is 9.95. The molecule has 13 heteroatoms. The van der Waals surface area contributed by atoms with E-state index in [0.29, 0.717) is 5.02 Å². The van der Waals surface area contributed by atoms with Gasteiger partial charge in [-0.15, -0.1) is 0 Å². The van der Waals surface area contributed by atoms with Crippen LogP contribution in [0.4, 0.5) is 0 Å². The summed E-state index contributed by atoms with van der Waals surface area (Å²) in [7, 11) is 0. The van der Waals surface area contributed by atoms with Crippen LogP contribution in [0, 0.1) is 0 Å². The predicted molar refractivity (Wildman–Crippen MR) is 116 cm³/mol. The van der Waals surface area contributed by atoms with Gasteiger partial charge in [0.1, 0.15) is 18.8 Å². The Bertz CT molecular complexity index is 969. The third-order valence-electron chi connectivity index (χ3n) is 4.46. The smallest absolute Gasteiger partial charge is 0.305 e. The molecule has 1 saturated heterocycles. The third kappa shape index (κ3) is 7.57. The molecule has 0 saturated carbocycles. The summed E-state index contributed by atoms with van der Waals surface area (Å²) in [6.07, 6.45) is -5.44. The molecule has 2 rings (SSSR count). The van der Waals surface area contributed by atoms with Crippen molar-refractivity contribution in [2.45, 2.75) is 58.3 Å². The fraction of sp³-hybridized carbons (Fsp3) is 0.476. The lowest BCUT2D eigenvalue weighted by Gasteiger charge is -2.44. The standard InChI is InChI=1S/C21H23Cl2NO10/c1-9(25)30-8-16-18(31-10(2)26)19(32-11(3)27)17(21(34-16)33-12(4)28)24-20(29)14-6-5-13(22)7-15(14)23/h5-7,16-19,21H,8H2,1-4H3,(H,24,29). The molecular weight excluding hydrogens is 497 g/mol. The highest BCUT2D eigenvalue weighted by Crippen LogP contribution is 2.29. The molecule has 0 radical (unpaired) electrons. The predicted octanol–water partition coefficient (Wildman–Crippen LogP) is 1.81. The van der Waals surface area contributed by atoms with Crippen LogP contribution < -0.4 is 5.32 Å². The Labute approximate surface area is 204 Å². The minimum atomic E-state index is -1.51. The maximum atomic E-state index is 13.0. The molecule has 11 nitrogen and oxygen atoms in total. The van der Waals surface area contributed by atoms with Crippen LogP contribution in [-0.2, 0) is 42.9 Å². The summed E-state index contributed by atoms with van der Waals surface area (Å²) in [4.78, 5) is 59.7. The third-order valence-corrected chi connectivity index (χ3v) is 5.00. The zero-order valence-electron chi connectivity index (χ0n) is 18.7. The van der Waals surface area contributed by atoms with Gasteiger partial charge in [0, 0.05) is 32.7 Å². The molecule has 1 heterocycles. The van der Waals surface area contributed by atoms with E-state index in [4.69, 9.17) is 46.9 Å². The first-order valence-corrected chi connectivity index (χ1v) is 10.7. The number of esters is 4. The number of carbonyl (C=O) groups excluding carboxylic acids is 5. The number of nitrogens with one attached hydrogen (secondary N) is 1. The molecule has 0 aromatic heterocycles. The molecule has 34 heavy (non-hydrogen) atoms. The largest absolute Gasteiger partial charge is 0.463 e. The lowest BCUT2D eigenvalue weighted by molar-refractivity contribution is -0.270. The summed E-state index contributed by atoms with van der Waals surface area (Å²) in [6, 6.07) is 2.80. The van der Waals surface area contributed by atoms with Crippen molar-refractivity contribution in [1.29, 1.82) is 0 Å². The van der Waals surface area contributed by atoms with Gasteiger partial charge >= 0.3 is 23.9 Å². The van der Waals surface area contributed by atoms with E-state index in [2.05, 4.69) is 5.32 Å². The quantitative estimate of drug-likeness (QED) is 0.418. The maximum Gasteiger partial charge on any atom is 0.305 e. The van der Waals surface area contributed by atoms with Crippen LogP contribution in [0.5, 0.6) is 0 Å². The summed E-state index contributed by atoms with van der Waals surface area (Å²) in [6.45, 7) is 4.02. The topological polar surface area (TPSA) is 144 Å². The second-order valence-electron chi connectivity index (χ2n) is 7.23. The van der Waals surface area contributed by atoms with Gasteiger partial charge in [-0.25, -0.2) is 0 Å². The van der Waals surface area contributed by atoms with E-state index in [0.717, 1.165) is 27.7 Å². The van der Waals surface area contributed by atoms with Gasteiger partial charge in [-0.3, -0.25) is 24.0 Å². The van der Waals surface area contributed by atoms with Crippen molar-refractivity contribution in [3.63, 3.8) is 0 Å². The van der Waals surface area contributed by atoms with Gasteiger partial charge in [0.25, 0.3) is 5.91 Å². The molecule has 1 N–H and O–H groups in total. The Morgan fingerprint density at radius 3 is 2.00 bits per heavy atom. The minimum Gasteiger partial charge on any atom is -0.463 e. The van der Waals surface area contributed by atoms with E-state index in [1.54, 1.807) is 0 Å². The van der Waals surface area contributed by atoms with Gasteiger partial charge < -0.3 is 29.0 Å². The van der Waals surface area contributed by atoms with E-state index < -0.39 is 67.0 Å². The Morgan fingerprint density at radius 2 is 1.47 bits per heavy atom. The van der Waals surface area contributed by atoms with Crippen LogP contribution in [0.2, 0.25) is 10.0 Å². The van der Waals surface area contributed by atoms with Crippen molar-refractivity contribution < 1.29 is 47.7 Å². The zero-order valence-corrected chi connectivity index (χ0v) is 20.2. The highest BCUT2D eigenvalue weighted by molar-refractivity contribution is 6.36. The average molecular weight is 520 g/mol. The van der Waals surface area contributed by atoms with Crippen molar-refractivity contribution in [3.8, 4) is 0 Å². The van der Waals surface area contributed by atoms with E-state index in [1.807, 2.05) is 0 Å². The summed E-state index contributed by atoms with van der Waals surface area (Å²) in [5, 5.41) is 2.87. The average Bonchev–Trinajstić information content (AvgIpc) is 2.69. The Hall–Kier alpha value is -2.89. The number of rotatable bonds is 7. The van der Waals surface area contributed by atoms with Gasteiger partial charge in [-0.05, 0) is 18.2 Å². The SMILES string of the molecule is CC(=O)OCC1OC(OC(C)=O)C(NC(=O)c2ccc(Cl)cc2Cl)C(OC(C)=O)C1OC(C)=O. The molecular formula is C21H23Cl2NO10. The minimum absolute atomic E-state index is 0.0142. The van der Waals surface area contributed by atoms with Gasteiger partial charge in [0.05, 0.1) is 10.6 Å². The van der Waals surface area contributed by atoms with E-state index >= 15 is 0 Å². The molecule has 0 spiro atoms. The summed E-state index contributed by atoms with van der Waals surface area (Å²) >= 11 is 12.0. The van der Waals surface area contributed by atoms with E-state index in [1.165, 1.54) is 18.2 Å². The van der Waals surface area contributed by atoms with Crippen molar-refractivity contribution in [2.24, 2.45) is 0 Å². The van der Waals surface area contributed by atoms with Crippen molar-refractivity contribution in [2.75, 3.05) is 6.61 Å². The second kappa shape index (κ2) is 12.0. The first kappa shape index (κ1) is 27.4. The molecule has 1 amide bonds. The number of amides is 1. The van der Waals surface area contributed by atoms with E-state index in [9.17, 15) is 24.0 Å². The van der Waals surface area contributed by atoms with Crippen LogP contribution in [0.15, 0.2) is 18.2 Å². The normalized spacial score (nSPS) is 23.9. The molecule has 1 aliphatic rings. The first-order chi connectivity index (χ1) is 15.9. The van der Waals surface area contributed by atoms with Crippen LogP contribution >= 0.6 is 23.2 Å². The monoisotopic (exact) mass is 519 g/mol. The highest BCUT2D eigenvalue weighted by atomic mass is 35.5. The van der Waals surface area contributed by atoms with Crippen molar-refractivity contribution in [1.82, 2.24) is 5.32 Å². The van der Waals surface area contributed by atoms with Gasteiger partial charge in [-0.2, -0.15) is 0 Å². The lowest BCUT2D eigenvalue weighted by Crippen LogP contribution is -2.67. The molecule has 186 valence electrons. The molecule has 1 fully saturated rings. The number of hydrogen-bond acceptors (Lipinski definition) is 10. The highest BCUT2D eigenvalue weighted by Gasteiger charge is 2.52. The molecule has 1 aromatic rings. The molecule has 5 atom stereocenters.